The predicted molar refractivity (Wildman–Crippen MR) is 214 cm³/mol. The van der Waals surface area contributed by atoms with Gasteiger partial charge in [-0.05, 0) is 81.6 Å². The van der Waals surface area contributed by atoms with Gasteiger partial charge in [-0.15, -0.1) is 0 Å². The van der Waals surface area contributed by atoms with Crippen LogP contribution in [0.4, 0.5) is 0 Å². The summed E-state index contributed by atoms with van der Waals surface area (Å²) in [4.78, 5) is 79.7. The first-order chi connectivity index (χ1) is 27.1. The first kappa shape index (κ1) is 46.3. The Bertz CT molecular complexity index is 1680. The minimum Gasteiger partial charge on any atom is -0.508 e. The number of fused-ring (bicyclic) bond motifs is 2. The molecular weight excluding hydrogens is 732 g/mol. The van der Waals surface area contributed by atoms with E-state index < -0.39 is 77.7 Å². The second-order valence-electron chi connectivity index (χ2n) is 15.1. The van der Waals surface area contributed by atoms with Gasteiger partial charge < -0.3 is 35.1 Å². The van der Waals surface area contributed by atoms with Crippen molar-refractivity contribution >= 4 is 35.4 Å². The quantitative estimate of drug-likeness (QED) is 0.131. The van der Waals surface area contributed by atoms with Crippen LogP contribution in [0.2, 0.25) is 0 Å². The molecule has 1 aromatic rings. The van der Waals surface area contributed by atoms with Crippen molar-refractivity contribution in [3.05, 3.63) is 77.9 Å². The Morgan fingerprint density at radius 2 is 1.77 bits per heavy atom. The average molecular weight is 793 g/mol. The molecule has 57 heavy (non-hydrogen) atoms. The number of hydrazine groups is 1. The second-order valence-corrected chi connectivity index (χ2v) is 15.1. The Kier molecular flexibility index (Phi) is 18.9. The second kappa shape index (κ2) is 23.2. The largest absolute Gasteiger partial charge is 0.508 e. The van der Waals surface area contributed by atoms with Crippen LogP contribution >= 0.6 is 0 Å². The number of carbonyl (C=O) groups is 6. The summed E-state index contributed by atoms with van der Waals surface area (Å²) in [5.74, 6) is -4.89. The Labute approximate surface area is 335 Å². The molecule has 3 amide bonds. The van der Waals surface area contributed by atoms with E-state index in [2.05, 4.69) is 16.1 Å². The highest BCUT2D eigenvalue weighted by atomic mass is 16.5. The summed E-state index contributed by atoms with van der Waals surface area (Å²) in [6.45, 7) is 10.6. The SMILES string of the molecule is CCOC(=O)/C=C/C=C(\C)[C@@H]1C/C=C/C=C/CC(C)C(O)C(CCC(C)=O)C(=O)NC(C(C)C)C(=O)NC(Cc2cccc(O)c2)C(=O)N2CCCC(N2)C(=O)O1. The van der Waals surface area contributed by atoms with E-state index >= 15 is 0 Å². The number of cyclic esters (lactones) is 1. The molecule has 14 nitrogen and oxygen atoms in total. The monoisotopic (exact) mass is 792 g/mol. The molecule has 7 atom stereocenters. The molecule has 0 spiro atoms. The highest BCUT2D eigenvalue weighted by molar-refractivity contribution is 5.93. The lowest BCUT2D eigenvalue weighted by Gasteiger charge is -2.36. The lowest BCUT2D eigenvalue weighted by Crippen LogP contribution is -2.62. The summed E-state index contributed by atoms with van der Waals surface area (Å²) >= 11 is 0. The lowest BCUT2D eigenvalue weighted by atomic mass is 9.85. The number of Topliss-reactive ketones (excluding diaryl/α,β-unsaturated/α-hetero) is 1. The molecule has 1 fully saturated rings. The molecule has 5 N–H and O–H groups in total. The van der Waals surface area contributed by atoms with Crippen LogP contribution in [0.1, 0.15) is 85.6 Å². The van der Waals surface area contributed by atoms with E-state index in [0.29, 0.717) is 30.4 Å². The number of carbonyl (C=O) groups excluding carboxylic acids is 6. The molecule has 2 bridgehead atoms. The van der Waals surface area contributed by atoms with E-state index in [0.717, 1.165) is 0 Å². The number of ether oxygens (including phenoxy) is 2. The number of benzene rings is 1. The molecule has 3 rings (SSSR count). The van der Waals surface area contributed by atoms with Gasteiger partial charge >= 0.3 is 11.9 Å². The van der Waals surface area contributed by atoms with Crippen molar-refractivity contribution in [3.63, 3.8) is 0 Å². The third-order valence-corrected chi connectivity index (χ3v) is 9.97. The van der Waals surface area contributed by atoms with Crippen molar-refractivity contribution in [3.8, 4) is 5.75 Å². The number of nitrogens with one attached hydrogen (secondary N) is 3. The number of phenols is 1. The number of amides is 3. The number of allylic oxidation sites excluding steroid dienone is 5. The van der Waals surface area contributed by atoms with Crippen LogP contribution in [0.25, 0.3) is 0 Å². The molecule has 2 aliphatic heterocycles. The first-order valence-corrected chi connectivity index (χ1v) is 19.8. The highest BCUT2D eigenvalue weighted by Crippen LogP contribution is 2.24. The van der Waals surface area contributed by atoms with Crippen LogP contribution in [0, 0.1) is 17.8 Å². The Morgan fingerprint density at radius 3 is 2.44 bits per heavy atom. The number of rotatable bonds is 10. The molecule has 2 aliphatic rings. The normalized spacial score (nSPS) is 27.4. The smallest absolute Gasteiger partial charge is 0.330 e. The number of aromatic hydroxyl groups is 1. The van der Waals surface area contributed by atoms with Gasteiger partial charge in [0.25, 0.3) is 5.91 Å². The van der Waals surface area contributed by atoms with Crippen molar-refractivity contribution in [2.45, 2.75) is 117 Å². The van der Waals surface area contributed by atoms with Crippen LogP contribution in [0.5, 0.6) is 5.75 Å². The fourth-order valence-corrected chi connectivity index (χ4v) is 6.61. The topological polar surface area (TPSA) is 201 Å². The number of ketones is 1. The third kappa shape index (κ3) is 15.1. The number of nitrogens with zero attached hydrogens (tertiary/aromatic N) is 1. The molecule has 1 saturated heterocycles. The number of hydrogen-bond donors (Lipinski definition) is 5. The minimum absolute atomic E-state index is 0.0201. The zero-order valence-electron chi connectivity index (χ0n) is 33.9. The summed E-state index contributed by atoms with van der Waals surface area (Å²) in [7, 11) is 0. The van der Waals surface area contributed by atoms with Crippen LogP contribution < -0.4 is 16.1 Å². The van der Waals surface area contributed by atoms with E-state index in [1.54, 1.807) is 65.0 Å². The van der Waals surface area contributed by atoms with E-state index in [9.17, 15) is 39.0 Å². The summed E-state index contributed by atoms with van der Waals surface area (Å²) in [6, 6.07) is 3.10. The summed E-state index contributed by atoms with van der Waals surface area (Å²) in [5.41, 5.74) is 4.21. The van der Waals surface area contributed by atoms with Gasteiger partial charge in [-0.25, -0.2) is 10.2 Å². The fourth-order valence-electron chi connectivity index (χ4n) is 6.61. The van der Waals surface area contributed by atoms with Crippen LogP contribution in [-0.2, 0) is 44.7 Å². The molecule has 14 heteroatoms. The highest BCUT2D eigenvalue weighted by Gasteiger charge is 2.37. The fraction of sp³-hybridized carbons (Fsp3) is 0.535. The molecule has 0 aliphatic carbocycles. The Balaban J connectivity index is 2.04. The van der Waals surface area contributed by atoms with Gasteiger partial charge in [-0.1, -0.05) is 69.4 Å². The van der Waals surface area contributed by atoms with Crippen molar-refractivity contribution in [1.82, 2.24) is 21.1 Å². The van der Waals surface area contributed by atoms with Crippen LogP contribution in [0.3, 0.4) is 0 Å². The number of aliphatic hydroxyl groups is 1. The van der Waals surface area contributed by atoms with Crippen molar-refractivity contribution in [2.75, 3.05) is 13.2 Å². The predicted octanol–water partition coefficient (Wildman–Crippen LogP) is 3.92. The molecule has 312 valence electrons. The third-order valence-electron chi connectivity index (χ3n) is 9.97. The van der Waals surface area contributed by atoms with Gasteiger partial charge in [0, 0.05) is 31.9 Å². The molecule has 0 radical (unpaired) electrons. The Hall–Kier alpha value is -5.08. The molecule has 6 unspecified atom stereocenters. The number of phenolic OH excluding ortho intramolecular Hbond substituents is 1. The van der Waals surface area contributed by atoms with E-state index in [1.165, 1.54) is 36.2 Å². The molecule has 2 heterocycles. The zero-order chi connectivity index (χ0) is 42.1. The lowest BCUT2D eigenvalue weighted by molar-refractivity contribution is -0.156. The average Bonchev–Trinajstić information content (AvgIpc) is 3.16. The van der Waals surface area contributed by atoms with E-state index in [1.807, 2.05) is 12.2 Å². The molecule has 1 aromatic carbocycles. The summed E-state index contributed by atoms with van der Waals surface area (Å²) in [6.07, 6.45) is 11.4. The Morgan fingerprint density at radius 1 is 1.05 bits per heavy atom. The van der Waals surface area contributed by atoms with Gasteiger partial charge in [0.15, 0.2) is 0 Å². The molecule has 0 aromatic heterocycles. The number of esters is 2. The van der Waals surface area contributed by atoms with Gasteiger partial charge in [-0.3, -0.25) is 24.2 Å². The van der Waals surface area contributed by atoms with E-state index in [4.69, 9.17) is 9.47 Å². The zero-order valence-corrected chi connectivity index (χ0v) is 33.9. The van der Waals surface area contributed by atoms with Gasteiger partial charge in [0.2, 0.25) is 11.8 Å². The maximum Gasteiger partial charge on any atom is 0.330 e. The van der Waals surface area contributed by atoms with Crippen molar-refractivity contribution in [1.29, 1.82) is 0 Å². The van der Waals surface area contributed by atoms with Crippen molar-refractivity contribution < 1.29 is 48.5 Å². The number of aliphatic hydroxyl groups excluding tert-OH is 1. The molecule has 0 saturated carbocycles. The standard InChI is InChI=1S/C43H60N4O10/c1-7-56-37(50)21-12-16-28(4)36-20-11-9-8-10-15-29(5)39(51)33(23-22-30(6)48)40(52)45-38(27(2)3)41(53)44-35(26-31-17-13-18-32(49)25-31)42(54)47-24-14-19-34(46-47)43(55)57-36/h8-13,16-18,21,25,27,29,33-36,38-39,46,49,51H,7,14-15,19-20,22-24,26H2,1-6H3,(H,44,53)(H,45,52)/b10-8+,11-9+,21-12+,28-16+/t29?,33?,34?,35?,36-,38?,39?/m0/s1. The van der Waals surface area contributed by atoms with Crippen molar-refractivity contribution in [2.24, 2.45) is 17.8 Å². The summed E-state index contributed by atoms with van der Waals surface area (Å²) in [5, 5.41) is 28.5. The number of hydrogen-bond acceptors (Lipinski definition) is 11. The van der Waals surface area contributed by atoms with Crippen LogP contribution in [0.15, 0.2) is 72.4 Å². The van der Waals surface area contributed by atoms with E-state index in [-0.39, 0.29) is 50.4 Å². The van der Waals surface area contributed by atoms with Gasteiger partial charge in [0.05, 0.1) is 18.6 Å². The van der Waals surface area contributed by atoms with Gasteiger partial charge in [0.1, 0.15) is 35.8 Å². The maximum absolute atomic E-state index is 14.3. The first-order valence-electron chi connectivity index (χ1n) is 19.8. The minimum atomic E-state index is -1.18. The van der Waals surface area contributed by atoms with Crippen LogP contribution in [-0.4, -0.2) is 94.2 Å². The van der Waals surface area contributed by atoms with Gasteiger partial charge in [-0.2, -0.15) is 0 Å². The molecular formula is C43H60N4O10. The summed E-state index contributed by atoms with van der Waals surface area (Å²) < 4.78 is 11.0. The maximum atomic E-state index is 14.3.